The molecule has 5 rings (SSSR count). The first-order chi connectivity index (χ1) is 17.0. The first kappa shape index (κ1) is 23.3. The van der Waals surface area contributed by atoms with Crippen LogP contribution in [0.1, 0.15) is 10.4 Å². The summed E-state index contributed by atoms with van der Waals surface area (Å²) < 4.78 is 25.9. The number of nitrogens with one attached hydrogen (secondary N) is 1. The molecular weight excluding hydrogens is 494 g/mol. The first-order valence-corrected chi connectivity index (χ1v) is 11.6. The van der Waals surface area contributed by atoms with Gasteiger partial charge in [0.25, 0.3) is 5.91 Å². The average molecular weight is 513 g/mol. The summed E-state index contributed by atoms with van der Waals surface area (Å²) in [7, 11) is 0. The van der Waals surface area contributed by atoms with E-state index in [1.165, 1.54) is 18.2 Å². The van der Waals surface area contributed by atoms with E-state index in [0.29, 0.717) is 40.6 Å². The maximum Gasteiger partial charge on any atom is 0.255 e. The van der Waals surface area contributed by atoms with Crippen LogP contribution in [0, 0.1) is 5.82 Å². The Morgan fingerprint density at radius 2 is 1.89 bits per heavy atom. The lowest BCUT2D eigenvalue weighted by Crippen LogP contribution is -2.36. The average Bonchev–Trinajstić information content (AvgIpc) is 2.88. The fourth-order valence-electron chi connectivity index (χ4n) is 3.65. The number of halogens is 3. The van der Waals surface area contributed by atoms with Crippen molar-refractivity contribution in [1.82, 2.24) is 9.97 Å². The van der Waals surface area contributed by atoms with Crippen LogP contribution in [0.2, 0.25) is 10.0 Å². The molecule has 7 nitrogen and oxygen atoms in total. The molecule has 1 amide bonds. The van der Waals surface area contributed by atoms with Crippen LogP contribution in [0.3, 0.4) is 0 Å². The predicted octanol–water partition coefficient (Wildman–Crippen LogP) is 5.96. The third kappa shape index (κ3) is 5.14. The third-order valence-corrected chi connectivity index (χ3v) is 6.05. The normalized spacial score (nSPS) is 13.6. The summed E-state index contributed by atoms with van der Waals surface area (Å²) in [5, 5.41) is 3.01. The molecule has 1 aliphatic heterocycles. The van der Waals surface area contributed by atoms with Crippen molar-refractivity contribution in [3.8, 4) is 11.5 Å². The molecule has 1 N–H and O–H groups in total. The van der Waals surface area contributed by atoms with E-state index in [2.05, 4.69) is 20.2 Å². The minimum absolute atomic E-state index is 0.0753. The number of rotatable bonds is 5. The van der Waals surface area contributed by atoms with E-state index in [-0.39, 0.29) is 16.5 Å². The Morgan fingerprint density at radius 3 is 2.69 bits per heavy atom. The monoisotopic (exact) mass is 512 g/mol. The highest BCUT2D eigenvalue weighted by atomic mass is 35.5. The minimum Gasteiger partial charge on any atom is -0.453 e. The van der Waals surface area contributed by atoms with Gasteiger partial charge in [-0.25, -0.2) is 9.37 Å². The molecular formula is C25H19Cl2FN4O3. The zero-order chi connectivity index (χ0) is 24.4. The number of anilines is 2. The number of fused-ring (bicyclic) bond motifs is 1. The third-order valence-electron chi connectivity index (χ3n) is 5.44. The maximum absolute atomic E-state index is 14.7. The lowest BCUT2D eigenvalue weighted by Gasteiger charge is -2.27. The van der Waals surface area contributed by atoms with E-state index in [9.17, 15) is 9.18 Å². The van der Waals surface area contributed by atoms with Crippen LogP contribution in [0.5, 0.6) is 11.5 Å². The molecule has 0 spiro atoms. The number of ether oxygens (including phenoxy) is 2. The van der Waals surface area contributed by atoms with Gasteiger partial charge in [0.2, 0.25) is 0 Å². The smallest absolute Gasteiger partial charge is 0.255 e. The summed E-state index contributed by atoms with van der Waals surface area (Å²) in [5.41, 5.74) is 1.80. The minimum atomic E-state index is -0.677. The molecule has 3 aromatic carbocycles. The summed E-state index contributed by atoms with van der Waals surface area (Å²) in [6, 6.07) is 14.0. The number of nitrogens with zero attached hydrogens (tertiary/aromatic N) is 3. The molecule has 0 saturated carbocycles. The van der Waals surface area contributed by atoms with Gasteiger partial charge in [0.15, 0.2) is 11.6 Å². The Labute approximate surface area is 210 Å². The fourth-order valence-corrected chi connectivity index (χ4v) is 4.08. The Morgan fingerprint density at radius 1 is 1.06 bits per heavy atom. The van der Waals surface area contributed by atoms with Gasteiger partial charge in [-0.05, 0) is 42.5 Å². The molecule has 1 fully saturated rings. The molecule has 0 unspecified atom stereocenters. The van der Waals surface area contributed by atoms with Gasteiger partial charge in [-0.3, -0.25) is 9.78 Å². The molecule has 35 heavy (non-hydrogen) atoms. The van der Waals surface area contributed by atoms with Crippen LogP contribution in [-0.2, 0) is 4.74 Å². The van der Waals surface area contributed by atoms with Crippen molar-refractivity contribution in [2.24, 2.45) is 0 Å². The molecule has 10 heteroatoms. The Bertz CT molecular complexity index is 1410. The van der Waals surface area contributed by atoms with E-state index in [0.717, 1.165) is 18.9 Å². The van der Waals surface area contributed by atoms with E-state index in [1.54, 1.807) is 42.6 Å². The number of amides is 1. The molecule has 1 aliphatic rings. The number of hydrogen-bond donors (Lipinski definition) is 1. The first-order valence-electron chi connectivity index (χ1n) is 10.8. The van der Waals surface area contributed by atoms with Gasteiger partial charge >= 0.3 is 0 Å². The largest absolute Gasteiger partial charge is 0.453 e. The molecule has 1 aromatic heterocycles. The van der Waals surface area contributed by atoms with Crippen LogP contribution in [-0.4, -0.2) is 42.2 Å². The molecule has 0 atom stereocenters. The lowest BCUT2D eigenvalue weighted by atomic mass is 10.2. The quantitative estimate of drug-likeness (QED) is 0.355. The van der Waals surface area contributed by atoms with Crippen LogP contribution in [0.4, 0.5) is 15.9 Å². The van der Waals surface area contributed by atoms with Gasteiger partial charge < -0.3 is 19.7 Å². The molecule has 4 aromatic rings. The number of aromatic nitrogens is 2. The van der Waals surface area contributed by atoms with Gasteiger partial charge in [0, 0.05) is 29.7 Å². The van der Waals surface area contributed by atoms with Crippen LogP contribution in [0.25, 0.3) is 11.0 Å². The van der Waals surface area contributed by atoms with Crippen molar-refractivity contribution in [2.45, 2.75) is 0 Å². The summed E-state index contributed by atoms with van der Waals surface area (Å²) in [4.78, 5) is 23.8. The summed E-state index contributed by atoms with van der Waals surface area (Å²) in [6.45, 7) is 2.71. The second kappa shape index (κ2) is 10.0. The molecule has 2 heterocycles. The van der Waals surface area contributed by atoms with Gasteiger partial charge in [-0.2, -0.15) is 0 Å². The summed E-state index contributed by atoms with van der Waals surface area (Å²) in [5.74, 6) is -0.280. The second-order valence-electron chi connectivity index (χ2n) is 7.78. The van der Waals surface area contributed by atoms with E-state index in [4.69, 9.17) is 32.7 Å². The molecule has 1 saturated heterocycles. The van der Waals surface area contributed by atoms with Crippen molar-refractivity contribution in [1.29, 1.82) is 0 Å². The van der Waals surface area contributed by atoms with Crippen molar-refractivity contribution < 1.29 is 18.7 Å². The maximum atomic E-state index is 14.7. The number of hydrogen-bond acceptors (Lipinski definition) is 6. The standard InChI is InChI=1S/C25H19Cl2FN4O3/c26-16-3-1-2-15(12-16)25(33)31-20-7-5-18(28)24(23(20)27)35-17-4-6-19-21(13-17)30-22(14-29-19)32-8-10-34-11-9-32/h1-7,12-14H,8-11H2,(H,31,33). The highest BCUT2D eigenvalue weighted by molar-refractivity contribution is 6.35. The van der Waals surface area contributed by atoms with Crippen LogP contribution < -0.4 is 15.0 Å². The highest BCUT2D eigenvalue weighted by Gasteiger charge is 2.18. The summed E-state index contributed by atoms with van der Waals surface area (Å²) in [6.07, 6.45) is 1.72. The Balaban J connectivity index is 1.40. The van der Waals surface area contributed by atoms with E-state index < -0.39 is 11.7 Å². The SMILES string of the molecule is O=C(Nc1ccc(F)c(Oc2ccc3ncc(N4CCOCC4)nc3c2)c1Cl)c1cccc(Cl)c1. The number of carbonyl (C=O) groups is 1. The van der Waals surface area contributed by atoms with E-state index in [1.807, 2.05) is 0 Å². The van der Waals surface area contributed by atoms with Crippen LogP contribution in [0.15, 0.2) is 60.8 Å². The highest BCUT2D eigenvalue weighted by Crippen LogP contribution is 2.38. The van der Waals surface area contributed by atoms with Crippen molar-refractivity contribution in [3.63, 3.8) is 0 Å². The van der Waals surface area contributed by atoms with E-state index >= 15 is 0 Å². The summed E-state index contributed by atoms with van der Waals surface area (Å²) >= 11 is 12.4. The Kier molecular flexibility index (Phi) is 6.68. The van der Waals surface area contributed by atoms with Gasteiger partial charge in [-0.1, -0.05) is 29.3 Å². The molecule has 0 bridgehead atoms. The number of carbonyl (C=O) groups excluding carboxylic acids is 1. The zero-order valence-corrected chi connectivity index (χ0v) is 19.8. The Hall–Kier alpha value is -3.46. The lowest BCUT2D eigenvalue weighted by molar-refractivity contribution is 0.102. The second-order valence-corrected chi connectivity index (χ2v) is 8.60. The fraction of sp³-hybridized carbons (Fsp3) is 0.160. The zero-order valence-electron chi connectivity index (χ0n) is 18.3. The van der Waals surface area contributed by atoms with Gasteiger partial charge in [0.1, 0.15) is 16.6 Å². The van der Waals surface area contributed by atoms with Gasteiger partial charge in [-0.15, -0.1) is 0 Å². The molecule has 0 radical (unpaired) electrons. The van der Waals surface area contributed by atoms with Crippen molar-refractivity contribution >= 4 is 51.6 Å². The predicted molar refractivity (Wildman–Crippen MR) is 133 cm³/mol. The topological polar surface area (TPSA) is 76.6 Å². The van der Waals surface area contributed by atoms with Crippen molar-refractivity contribution in [3.05, 3.63) is 82.2 Å². The van der Waals surface area contributed by atoms with Crippen molar-refractivity contribution in [2.75, 3.05) is 36.5 Å². The molecule has 0 aliphatic carbocycles. The number of benzene rings is 3. The van der Waals surface area contributed by atoms with Gasteiger partial charge in [0.05, 0.1) is 36.1 Å². The number of morpholine rings is 1. The van der Waals surface area contributed by atoms with Crippen LogP contribution >= 0.6 is 23.2 Å². The molecule has 178 valence electrons.